The summed E-state index contributed by atoms with van der Waals surface area (Å²) in [7, 11) is 0. The highest BCUT2D eigenvalue weighted by Gasteiger charge is 2.46. The SMILES string of the molecule is CCCCOc1cccc(C(O)=C2C(=O)C(=O)N(Cc3ccccc3)C2c2cccc(Cl)c2)c1. The van der Waals surface area contributed by atoms with Gasteiger partial charge >= 0.3 is 0 Å². The van der Waals surface area contributed by atoms with Crippen molar-refractivity contribution in [2.75, 3.05) is 6.61 Å². The largest absolute Gasteiger partial charge is 0.507 e. The van der Waals surface area contributed by atoms with Gasteiger partial charge in [0.2, 0.25) is 0 Å². The summed E-state index contributed by atoms with van der Waals surface area (Å²) >= 11 is 6.25. The molecule has 0 bridgehead atoms. The van der Waals surface area contributed by atoms with E-state index in [0.717, 1.165) is 18.4 Å². The van der Waals surface area contributed by atoms with Crippen molar-refractivity contribution in [3.8, 4) is 5.75 Å². The summed E-state index contributed by atoms with van der Waals surface area (Å²) in [6.07, 6.45) is 1.92. The van der Waals surface area contributed by atoms with E-state index < -0.39 is 17.7 Å². The summed E-state index contributed by atoms with van der Waals surface area (Å²) in [4.78, 5) is 27.8. The molecule has 1 amide bonds. The third kappa shape index (κ3) is 5.00. The van der Waals surface area contributed by atoms with E-state index >= 15 is 0 Å². The van der Waals surface area contributed by atoms with E-state index in [1.165, 1.54) is 4.90 Å². The molecule has 1 N–H and O–H groups in total. The summed E-state index contributed by atoms with van der Waals surface area (Å²) in [6.45, 7) is 2.86. The van der Waals surface area contributed by atoms with Gasteiger partial charge in [-0.2, -0.15) is 0 Å². The van der Waals surface area contributed by atoms with Crippen molar-refractivity contribution in [1.29, 1.82) is 0 Å². The lowest BCUT2D eigenvalue weighted by molar-refractivity contribution is -0.140. The summed E-state index contributed by atoms with van der Waals surface area (Å²) in [5.74, 6) is -1.03. The number of nitrogens with zero attached hydrogens (tertiary/aromatic N) is 1. The number of aliphatic hydroxyl groups excluding tert-OH is 1. The van der Waals surface area contributed by atoms with Crippen LogP contribution in [0.4, 0.5) is 0 Å². The maximum absolute atomic E-state index is 13.2. The molecule has 6 heteroatoms. The fourth-order valence-electron chi connectivity index (χ4n) is 4.07. The Balaban J connectivity index is 1.79. The number of carbonyl (C=O) groups excluding carboxylic acids is 2. The average Bonchev–Trinajstić information content (AvgIpc) is 3.09. The first-order chi connectivity index (χ1) is 16.5. The molecule has 0 spiro atoms. The van der Waals surface area contributed by atoms with Crippen molar-refractivity contribution in [3.63, 3.8) is 0 Å². The molecule has 0 aliphatic carbocycles. The van der Waals surface area contributed by atoms with Gasteiger partial charge in [-0.05, 0) is 41.8 Å². The molecule has 1 fully saturated rings. The molecule has 0 radical (unpaired) electrons. The second-order valence-corrected chi connectivity index (χ2v) is 8.63. The minimum absolute atomic E-state index is 0.0360. The fraction of sp³-hybridized carbons (Fsp3) is 0.214. The monoisotopic (exact) mass is 475 g/mol. The zero-order chi connectivity index (χ0) is 24.1. The van der Waals surface area contributed by atoms with Crippen molar-refractivity contribution in [1.82, 2.24) is 4.90 Å². The molecular weight excluding hydrogens is 450 g/mol. The number of likely N-dealkylation sites (tertiary alicyclic amines) is 1. The standard InChI is InChI=1S/C28H26ClNO4/c1-2-3-15-34-23-14-8-12-21(17-23)26(31)24-25(20-11-7-13-22(29)16-20)30(28(33)27(24)32)18-19-9-5-4-6-10-19/h4-14,16-17,25,31H,2-3,15,18H2,1H3. The number of hydrogen-bond acceptors (Lipinski definition) is 4. The van der Waals surface area contributed by atoms with Gasteiger partial charge in [-0.15, -0.1) is 0 Å². The Morgan fingerprint density at radius 3 is 2.50 bits per heavy atom. The van der Waals surface area contributed by atoms with Crippen LogP contribution < -0.4 is 4.74 Å². The highest BCUT2D eigenvalue weighted by atomic mass is 35.5. The molecule has 1 atom stereocenters. The Labute approximate surface area is 204 Å². The summed E-state index contributed by atoms with van der Waals surface area (Å²) < 4.78 is 5.76. The Morgan fingerprint density at radius 1 is 1.00 bits per heavy atom. The lowest BCUT2D eigenvalue weighted by Gasteiger charge is -2.25. The molecule has 1 saturated heterocycles. The minimum Gasteiger partial charge on any atom is -0.507 e. The van der Waals surface area contributed by atoms with E-state index in [-0.39, 0.29) is 17.9 Å². The van der Waals surface area contributed by atoms with Gasteiger partial charge in [0.25, 0.3) is 11.7 Å². The first kappa shape index (κ1) is 23.6. The first-order valence-corrected chi connectivity index (χ1v) is 11.7. The second kappa shape index (κ2) is 10.6. The molecule has 1 heterocycles. The normalized spacial score (nSPS) is 17.2. The van der Waals surface area contributed by atoms with Crippen LogP contribution in [0, 0.1) is 0 Å². The van der Waals surface area contributed by atoms with Gasteiger partial charge in [-0.1, -0.05) is 79.5 Å². The molecule has 5 nitrogen and oxygen atoms in total. The smallest absolute Gasteiger partial charge is 0.295 e. The lowest BCUT2D eigenvalue weighted by atomic mass is 9.95. The van der Waals surface area contributed by atoms with E-state index in [9.17, 15) is 14.7 Å². The second-order valence-electron chi connectivity index (χ2n) is 8.20. The topological polar surface area (TPSA) is 66.8 Å². The molecule has 3 aromatic rings. The number of ketones is 1. The average molecular weight is 476 g/mol. The maximum atomic E-state index is 13.2. The molecule has 0 aromatic heterocycles. The Kier molecular flexibility index (Phi) is 7.33. The van der Waals surface area contributed by atoms with Gasteiger partial charge in [0.15, 0.2) is 0 Å². The summed E-state index contributed by atoms with van der Waals surface area (Å²) in [5, 5.41) is 11.8. The predicted octanol–water partition coefficient (Wildman–Crippen LogP) is 6.14. The zero-order valence-electron chi connectivity index (χ0n) is 18.9. The minimum atomic E-state index is -0.774. The highest BCUT2D eigenvalue weighted by Crippen LogP contribution is 2.41. The number of aliphatic hydroxyl groups is 1. The number of benzene rings is 3. The van der Waals surface area contributed by atoms with Crippen LogP contribution in [-0.2, 0) is 16.1 Å². The Hall–Kier alpha value is -3.57. The quantitative estimate of drug-likeness (QED) is 0.184. The van der Waals surface area contributed by atoms with Crippen molar-refractivity contribution >= 4 is 29.1 Å². The number of hydrogen-bond donors (Lipinski definition) is 1. The van der Waals surface area contributed by atoms with Crippen LogP contribution in [0.25, 0.3) is 5.76 Å². The third-order valence-electron chi connectivity index (χ3n) is 5.77. The van der Waals surface area contributed by atoms with E-state index in [4.69, 9.17) is 16.3 Å². The van der Waals surface area contributed by atoms with Crippen molar-refractivity contribution < 1.29 is 19.4 Å². The van der Waals surface area contributed by atoms with E-state index in [1.54, 1.807) is 48.5 Å². The third-order valence-corrected chi connectivity index (χ3v) is 6.01. The predicted molar refractivity (Wildman–Crippen MR) is 133 cm³/mol. The van der Waals surface area contributed by atoms with Crippen molar-refractivity contribution in [2.45, 2.75) is 32.4 Å². The molecular formula is C28H26ClNO4. The fourth-order valence-corrected chi connectivity index (χ4v) is 4.27. The molecule has 1 aliphatic rings. The Bertz CT molecular complexity index is 1220. The summed E-state index contributed by atoms with van der Waals surface area (Å²) in [5.41, 5.74) is 1.98. The number of Topliss-reactive ketones (excluding diaryl/α,β-unsaturated/α-hetero) is 1. The molecule has 1 aliphatic heterocycles. The first-order valence-electron chi connectivity index (χ1n) is 11.3. The van der Waals surface area contributed by atoms with Gasteiger partial charge < -0.3 is 14.7 Å². The number of ether oxygens (including phenoxy) is 1. The number of amides is 1. The molecule has 0 saturated carbocycles. The van der Waals surface area contributed by atoms with Crippen LogP contribution in [0.3, 0.4) is 0 Å². The number of halogens is 1. The van der Waals surface area contributed by atoms with Gasteiger partial charge in [-0.25, -0.2) is 0 Å². The van der Waals surface area contributed by atoms with Gasteiger partial charge in [0.05, 0.1) is 18.2 Å². The van der Waals surface area contributed by atoms with Crippen LogP contribution in [0.5, 0.6) is 5.75 Å². The van der Waals surface area contributed by atoms with Gasteiger partial charge in [-0.3, -0.25) is 9.59 Å². The van der Waals surface area contributed by atoms with E-state index in [2.05, 4.69) is 6.92 Å². The molecule has 3 aromatic carbocycles. The van der Waals surface area contributed by atoms with Gasteiger partial charge in [0, 0.05) is 17.1 Å². The lowest BCUT2D eigenvalue weighted by Crippen LogP contribution is -2.29. The molecule has 174 valence electrons. The molecule has 4 rings (SSSR count). The van der Waals surface area contributed by atoms with E-state index in [1.807, 2.05) is 30.3 Å². The highest BCUT2D eigenvalue weighted by molar-refractivity contribution is 6.46. The van der Waals surface area contributed by atoms with Crippen LogP contribution in [0.15, 0.2) is 84.4 Å². The Morgan fingerprint density at radius 2 is 1.76 bits per heavy atom. The molecule has 34 heavy (non-hydrogen) atoms. The van der Waals surface area contributed by atoms with Gasteiger partial charge in [0.1, 0.15) is 11.5 Å². The van der Waals surface area contributed by atoms with Crippen molar-refractivity contribution in [3.05, 3.63) is 106 Å². The van der Waals surface area contributed by atoms with Crippen LogP contribution in [0.1, 0.15) is 42.5 Å². The summed E-state index contributed by atoms with van der Waals surface area (Å²) in [6, 6.07) is 22.6. The van der Waals surface area contributed by atoms with Crippen LogP contribution in [0.2, 0.25) is 5.02 Å². The van der Waals surface area contributed by atoms with Crippen LogP contribution in [-0.4, -0.2) is 28.3 Å². The molecule has 1 unspecified atom stereocenters. The number of carbonyl (C=O) groups is 2. The van der Waals surface area contributed by atoms with Crippen molar-refractivity contribution in [2.24, 2.45) is 0 Å². The maximum Gasteiger partial charge on any atom is 0.295 e. The van der Waals surface area contributed by atoms with Crippen LogP contribution >= 0.6 is 11.6 Å². The van der Waals surface area contributed by atoms with E-state index in [0.29, 0.717) is 28.5 Å². The number of rotatable bonds is 8. The zero-order valence-corrected chi connectivity index (χ0v) is 19.7. The number of unbranched alkanes of at least 4 members (excludes halogenated alkanes) is 1.